The largest absolute Gasteiger partial charge is 0.457 e. The van der Waals surface area contributed by atoms with Gasteiger partial charge in [0, 0.05) is 38.3 Å². The van der Waals surface area contributed by atoms with Crippen molar-refractivity contribution in [1.82, 2.24) is 14.8 Å². The highest BCUT2D eigenvalue weighted by Gasteiger charge is 2.18. The summed E-state index contributed by atoms with van der Waals surface area (Å²) in [6.07, 6.45) is 4.72. The topological polar surface area (TPSA) is 103 Å². The SMILES string of the molecule is CN1C(=O)CCCn2nccc21.NC(=O)c1cc(Oc2ccccc2)ccn1. The number of fused-ring (bicyclic) bond motifs is 1. The highest BCUT2D eigenvalue weighted by Crippen LogP contribution is 2.20. The Bertz CT molecular complexity index is 955. The zero-order chi connectivity index (χ0) is 19.9. The van der Waals surface area contributed by atoms with Crippen LogP contribution in [-0.2, 0) is 11.3 Å². The Hall–Kier alpha value is -3.68. The molecule has 1 aromatic carbocycles. The number of nitrogens with zero attached hydrogens (tertiary/aromatic N) is 4. The van der Waals surface area contributed by atoms with Crippen LogP contribution in [0, 0.1) is 0 Å². The van der Waals surface area contributed by atoms with Crippen molar-refractivity contribution in [2.45, 2.75) is 19.4 Å². The summed E-state index contributed by atoms with van der Waals surface area (Å²) < 4.78 is 7.39. The van der Waals surface area contributed by atoms with E-state index in [1.165, 1.54) is 12.3 Å². The Labute approximate surface area is 162 Å². The quantitative estimate of drug-likeness (QED) is 0.753. The number of nitrogens with two attached hydrogens (primary N) is 1. The molecule has 0 aliphatic carbocycles. The number of primary amides is 1. The third kappa shape index (κ3) is 4.73. The van der Waals surface area contributed by atoms with Gasteiger partial charge in [-0.05, 0) is 24.6 Å². The number of aromatic nitrogens is 3. The average molecular weight is 379 g/mol. The third-order valence-electron chi connectivity index (χ3n) is 4.14. The van der Waals surface area contributed by atoms with E-state index in [4.69, 9.17) is 10.5 Å². The van der Waals surface area contributed by atoms with Crippen LogP contribution in [0.15, 0.2) is 60.9 Å². The number of hydrogen-bond donors (Lipinski definition) is 1. The monoisotopic (exact) mass is 379 g/mol. The van der Waals surface area contributed by atoms with E-state index in [0.717, 1.165) is 18.8 Å². The summed E-state index contributed by atoms with van der Waals surface area (Å²) in [6, 6.07) is 14.3. The molecule has 8 nitrogen and oxygen atoms in total. The highest BCUT2D eigenvalue weighted by molar-refractivity contribution is 5.92. The summed E-state index contributed by atoms with van der Waals surface area (Å²) in [5, 5.41) is 4.12. The first-order chi connectivity index (χ1) is 13.5. The molecule has 0 spiro atoms. The second kappa shape index (κ2) is 8.81. The molecule has 2 aromatic heterocycles. The maximum absolute atomic E-state index is 11.4. The molecule has 0 atom stereocenters. The molecule has 8 heteroatoms. The number of hydrogen-bond acceptors (Lipinski definition) is 5. The maximum atomic E-state index is 11.4. The van der Waals surface area contributed by atoms with Gasteiger partial charge in [0.25, 0.3) is 5.91 Å². The van der Waals surface area contributed by atoms with Crippen LogP contribution < -0.4 is 15.4 Å². The van der Waals surface area contributed by atoms with E-state index >= 15 is 0 Å². The molecule has 2 N–H and O–H groups in total. The molecular formula is C20H21N5O3. The minimum absolute atomic E-state index is 0.175. The molecule has 0 unspecified atom stereocenters. The molecule has 4 rings (SSSR count). The van der Waals surface area contributed by atoms with Crippen molar-refractivity contribution in [3.8, 4) is 11.5 Å². The van der Waals surface area contributed by atoms with Crippen LogP contribution in [0.5, 0.6) is 11.5 Å². The zero-order valence-corrected chi connectivity index (χ0v) is 15.5. The summed E-state index contributed by atoms with van der Waals surface area (Å²) in [6.45, 7) is 0.846. The molecule has 28 heavy (non-hydrogen) atoms. The van der Waals surface area contributed by atoms with Gasteiger partial charge in [-0.15, -0.1) is 0 Å². The fraction of sp³-hybridized carbons (Fsp3) is 0.200. The molecule has 0 fully saturated rings. The number of carbonyl (C=O) groups excluding carboxylic acids is 2. The standard InChI is InChI=1S/C12H10N2O2.C8H11N3O/c13-12(15)11-8-10(6-7-14-11)16-9-4-2-1-3-5-9;1-10-7-4-5-9-11(7)6-2-3-8(10)12/h1-8H,(H2,13,15);4-5H,2-3,6H2,1H3. The van der Waals surface area contributed by atoms with Crippen LogP contribution in [0.4, 0.5) is 5.82 Å². The molecule has 1 aliphatic rings. The molecule has 0 radical (unpaired) electrons. The fourth-order valence-electron chi connectivity index (χ4n) is 2.69. The van der Waals surface area contributed by atoms with E-state index in [9.17, 15) is 9.59 Å². The van der Waals surface area contributed by atoms with Gasteiger partial charge >= 0.3 is 0 Å². The van der Waals surface area contributed by atoms with Crippen LogP contribution in [0.3, 0.4) is 0 Å². The van der Waals surface area contributed by atoms with Crippen molar-refractivity contribution in [2.75, 3.05) is 11.9 Å². The zero-order valence-electron chi connectivity index (χ0n) is 15.5. The first-order valence-electron chi connectivity index (χ1n) is 8.82. The second-order valence-corrected chi connectivity index (χ2v) is 6.13. The molecule has 1 aliphatic heterocycles. The lowest BCUT2D eigenvalue weighted by atomic mass is 10.3. The van der Waals surface area contributed by atoms with Gasteiger partial charge in [-0.1, -0.05) is 18.2 Å². The van der Waals surface area contributed by atoms with E-state index in [1.807, 2.05) is 41.1 Å². The number of rotatable bonds is 3. The van der Waals surface area contributed by atoms with Gasteiger partial charge in [0.15, 0.2) is 0 Å². The number of amides is 2. The number of ether oxygens (including phenoxy) is 1. The average Bonchev–Trinajstić information content (AvgIpc) is 3.12. The molecule has 0 bridgehead atoms. The van der Waals surface area contributed by atoms with Crippen molar-refractivity contribution in [3.05, 3.63) is 66.6 Å². The van der Waals surface area contributed by atoms with E-state index in [0.29, 0.717) is 17.9 Å². The summed E-state index contributed by atoms with van der Waals surface area (Å²) in [5.41, 5.74) is 5.31. The number of para-hydroxylation sites is 1. The lowest BCUT2D eigenvalue weighted by Gasteiger charge is -2.13. The van der Waals surface area contributed by atoms with E-state index < -0.39 is 5.91 Å². The van der Waals surface area contributed by atoms with Crippen molar-refractivity contribution < 1.29 is 14.3 Å². The third-order valence-corrected chi connectivity index (χ3v) is 4.14. The predicted octanol–water partition coefficient (Wildman–Crippen LogP) is 2.61. The first-order valence-corrected chi connectivity index (χ1v) is 8.82. The summed E-state index contributed by atoms with van der Waals surface area (Å²) >= 11 is 0. The number of carbonyl (C=O) groups is 2. The van der Waals surface area contributed by atoms with Gasteiger partial charge in [0.2, 0.25) is 5.91 Å². The van der Waals surface area contributed by atoms with E-state index in [1.54, 1.807) is 24.2 Å². The lowest BCUT2D eigenvalue weighted by molar-refractivity contribution is -0.118. The predicted molar refractivity (Wildman–Crippen MR) is 104 cm³/mol. The van der Waals surface area contributed by atoms with Crippen LogP contribution in [0.1, 0.15) is 23.3 Å². The van der Waals surface area contributed by atoms with Crippen LogP contribution in [-0.4, -0.2) is 33.6 Å². The number of anilines is 1. The van der Waals surface area contributed by atoms with Gasteiger partial charge < -0.3 is 15.4 Å². The Morgan fingerprint density at radius 1 is 1.11 bits per heavy atom. The minimum atomic E-state index is -0.571. The molecular weight excluding hydrogens is 358 g/mol. The lowest BCUT2D eigenvalue weighted by Crippen LogP contribution is -2.25. The van der Waals surface area contributed by atoms with Gasteiger partial charge in [0.05, 0.1) is 6.20 Å². The van der Waals surface area contributed by atoms with Gasteiger partial charge in [-0.3, -0.25) is 14.6 Å². The van der Waals surface area contributed by atoms with Gasteiger partial charge in [-0.25, -0.2) is 4.68 Å². The summed E-state index contributed by atoms with van der Waals surface area (Å²) in [7, 11) is 1.79. The molecule has 3 heterocycles. The summed E-state index contributed by atoms with van der Waals surface area (Å²) in [4.78, 5) is 27.8. The van der Waals surface area contributed by atoms with Crippen molar-refractivity contribution in [1.29, 1.82) is 0 Å². The normalized spacial score (nSPS) is 13.0. The minimum Gasteiger partial charge on any atom is -0.457 e. The molecule has 2 amide bonds. The Kier molecular flexibility index (Phi) is 6.01. The second-order valence-electron chi connectivity index (χ2n) is 6.13. The molecule has 0 saturated carbocycles. The van der Waals surface area contributed by atoms with Crippen molar-refractivity contribution in [3.63, 3.8) is 0 Å². The van der Waals surface area contributed by atoms with E-state index in [-0.39, 0.29) is 11.6 Å². The van der Waals surface area contributed by atoms with E-state index in [2.05, 4.69) is 10.1 Å². The Balaban J connectivity index is 0.000000167. The first kappa shape index (κ1) is 19.1. The van der Waals surface area contributed by atoms with Gasteiger partial charge in [0.1, 0.15) is 23.0 Å². The number of aryl methyl sites for hydroxylation is 1. The summed E-state index contributed by atoms with van der Waals surface area (Å²) in [5.74, 6) is 1.74. The highest BCUT2D eigenvalue weighted by atomic mass is 16.5. The molecule has 144 valence electrons. The maximum Gasteiger partial charge on any atom is 0.267 e. The molecule has 0 saturated heterocycles. The van der Waals surface area contributed by atoms with Crippen LogP contribution in [0.2, 0.25) is 0 Å². The van der Waals surface area contributed by atoms with Crippen LogP contribution >= 0.6 is 0 Å². The Morgan fingerprint density at radius 3 is 2.64 bits per heavy atom. The fourth-order valence-corrected chi connectivity index (χ4v) is 2.69. The van der Waals surface area contributed by atoms with Gasteiger partial charge in [-0.2, -0.15) is 5.10 Å². The Morgan fingerprint density at radius 2 is 1.89 bits per heavy atom. The smallest absolute Gasteiger partial charge is 0.267 e. The van der Waals surface area contributed by atoms with Crippen molar-refractivity contribution >= 4 is 17.6 Å². The molecule has 3 aromatic rings. The van der Waals surface area contributed by atoms with Crippen molar-refractivity contribution in [2.24, 2.45) is 5.73 Å². The van der Waals surface area contributed by atoms with Crippen LogP contribution in [0.25, 0.3) is 0 Å². The number of pyridine rings is 1. The number of benzene rings is 1.